The summed E-state index contributed by atoms with van der Waals surface area (Å²) in [5.41, 5.74) is 1.13. The largest absolute Gasteiger partial charge is 0.493 e. The fourth-order valence-corrected chi connectivity index (χ4v) is 4.54. The molecule has 2 atom stereocenters. The monoisotopic (exact) mass is 467 g/mol. The van der Waals surface area contributed by atoms with Crippen LogP contribution in [0.5, 0.6) is 5.75 Å². The van der Waals surface area contributed by atoms with E-state index >= 15 is 0 Å². The van der Waals surface area contributed by atoms with Crippen LogP contribution in [0.25, 0.3) is 12.2 Å². The zero-order valence-corrected chi connectivity index (χ0v) is 19.1. The Hall–Kier alpha value is -3.49. The summed E-state index contributed by atoms with van der Waals surface area (Å²) in [5, 5.41) is 21.1. The minimum Gasteiger partial charge on any atom is -0.493 e. The van der Waals surface area contributed by atoms with Crippen LogP contribution in [0.2, 0.25) is 0 Å². The predicted octanol–water partition coefficient (Wildman–Crippen LogP) is 4.88. The second kappa shape index (κ2) is 10.4. The maximum Gasteiger partial charge on any atom is 0.269 e. The third kappa shape index (κ3) is 6.27. The molecule has 172 valence electrons. The number of non-ortho nitro benzene ring substituents is 1. The van der Waals surface area contributed by atoms with Crippen molar-refractivity contribution in [3.05, 3.63) is 99.6 Å². The lowest BCUT2D eigenvalue weighted by Crippen LogP contribution is -2.31. The molecule has 33 heavy (non-hydrogen) atoms. The van der Waals surface area contributed by atoms with Gasteiger partial charge in [-0.2, -0.15) is 0 Å². The van der Waals surface area contributed by atoms with Gasteiger partial charge >= 0.3 is 0 Å². The van der Waals surface area contributed by atoms with Gasteiger partial charge in [-0.25, -0.2) is 8.42 Å². The summed E-state index contributed by atoms with van der Waals surface area (Å²) in [6.45, 7) is 3.52. The lowest BCUT2D eigenvalue weighted by molar-refractivity contribution is -0.384. The number of nitro groups is 1. The van der Waals surface area contributed by atoms with E-state index in [4.69, 9.17) is 4.74 Å². The molecule has 0 aliphatic heterocycles. The Kier molecular flexibility index (Phi) is 7.63. The third-order valence-corrected chi connectivity index (χ3v) is 7.15. The van der Waals surface area contributed by atoms with Gasteiger partial charge in [0.1, 0.15) is 5.75 Å². The number of rotatable bonds is 9. The smallest absolute Gasteiger partial charge is 0.269 e. The lowest BCUT2D eigenvalue weighted by atomic mass is 10.1. The molecule has 0 saturated carbocycles. The van der Waals surface area contributed by atoms with E-state index in [2.05, 4.69) is 0 Å². The topological polar surface area (TPSA) is 107 Å². The second-order valence-electron chi connectivity index (χ2n) is 7.79. The first-order chi connectivity index (χ1) is 15.7. The highest BCUT2D eigenvalue weighted by Gasteiger charge is 2.30. The SMILES string of the molecule is Cc1ccc(S(=O)(=O)C(O)C(C)COc2ccc(C=Cc3ccc([N+](=O)[O-])cc3)cc2)cc1. The van der Waals surface area contributed by atoms with Gasteiger partial charge in [0, 0.05) is 18.1 Å². The van der Waals surface area contributed by atoms with E-state index in [1.54, 1.807) is 43.3 Å². The lowest BCUT2D eigenvalue weighted by Gasteiger charge is -2.20. The van der Waals surface area contributed by atoms with Crippen LogP contribution in [0.15, 0.2) is 77.7 Å². The molecule has 3 rings (SSSR count). The van der Waals surface area contributed by atoms with E-state index in [0.717, 1.165) is 16.7 Å². The quantitative estimate of drug-likeness (QED) is 0.273. The van der Waals surface area contributed by atoms with Crippen molar-refractivity contribution in [2.75, 3.05) is 6.61 Å². The molecule has 3 aromatic carbocycles. The van der Waals surface area contributed by atoms with Crippen molar-refractivity contribution < 1.29 is 23.2 Å². The van der Waals surface area contributed by atoms with Gasteiger partial charge in [0.05, 0.1) is 16.4 Å². The Bertz CT molecular complexity index is 1220. The minimum absolute atomic E-state index is 0.0320. The number of benzene rings is 3. The van der Waals surface area contributed by atoms with Gasteiger partial charge in [-0.15, -0.1) is 0 Å². The second-order valence-corrected chi connectivity index (χ2v) is 9.83. The number of aliphatic hydroxyl groups excluding tert-OH is 1. The Labute approximate surface area is 193 Å². The summed E-state index contributed by atoms with van der Waals surface area (Å²) in [4.78, 5) is 10.4. The number of aryl methyl sites for hydroxylation is 1. The van der Waals surface area contributed by atoms with Crippen LogP contribution in [0.4, 0.5) is 5.69 Å². The van der Waals surface area contributed by atoms with Crippen molar-refractivity contribution >= 4 is 27.7 Å². The molecule has 3 aromatic rings. The van der Waals surface area contributed by atoms with Crippen LogP contribution in [-0.2, 0) is 9.84 Å². The van der Waals surface area contributed by atoms with Crippen LogP contribution in [0.1, 0.15) is 23.6 Å². The van der Waals surface area contributed by atoms with E-state index in [-0.39, 0.29) is 17.2 Å². The molecule has 7 nitrogen and oxygen atoms in total. The van der Waals surface area contributed by atoms with E-state index in [0.29, 0.717) is 5.75 Å². The highest BCUT2D eigenvalue weighted by Crippen LogP contribution is 2.22. The van der Waals surface area contributed by atoms with E-state index < -0.39 is 26.1 Å². The van der Waals surface area contributed by atoms with Gasteiger partial charge in [0.15, 0.2) is 5.44 Å². The van der Waals surface area contributed by atoms with Crippen molar-refractivity contribution in [3.8, 4) is 5.75 Å². The maximum atomic E-state index is 12.6. The van der Waals surface area contributed by atoms with Gasteiger partial charge in [-0.3, -0.25) is 10.1 Å². The summed E-state index contributed by atoms with van der Waals surface area (Å²) >= 11 is 0. The summed E-state index contributed by atoms with van der Waals surface area (Å²) in [6.07, 6.45) is 3.71. The summed E-state index contributed by atoms with van der Waals surface area (Å²) < 4.78 is 31.0. The fraction of sp³-hybridized carbons (Fsp3) is 0.200. The highest BCUT2D eigenvalue weighted by atomic mass is 32.2. The van der Waals surface area contributed by atoms with Crippen LogP contribution >= 0.6 is 0 Å². The molecule has 0 aliphatic rings. The van der Waals surface area contributed by atoms with Gasteiger partial charge in [-0.05, 0) is 54.4 Å². The molecule has 0 heterocycles. The number of nitro benzene ring substituents is 1. The molecule has 8 heteroatoms. The van der Waals surface area contributed by atoms with Gasteiger partial charge in [-0.1, -0.05) is 48.9 Å². The number of aliphatic hydroxyl groups is 1. The molecule has 0 aliphatic carbocycles. The summed E-state index contributed by atoms with van der Waals surface area (Å²) in [6, 6.07) is 19.8. The summed E-state index contributed by atoms with van der Waals surface area (Å²) in [7, 11) is -3.88. The number of nitrogens with zero attached hydrogens (tertiary/aromatic N) is 1. The number of ether oxygens (including phenoxy) is 1. The zero-order valence-electron chi connectivity index (χ0n) is 18.3. The first-order valence-corrected chi connectivity index (χ1v) is 11.9. The molecular formula is C25H25NO6S. The Morgan fingerprint density at radius 2 is 1.45 bits per heavy atom. The molecule has 2 unspecified atom stereocenters. The Balaban J connectivity index is 1.57. The van der Waals surface area contributed by atoms with Crippen LogP contribution < -0.4 is 4.74 Å². The standard InChI is InChI=1S/C25H25NO6S/c1-18-3-15-24(16-4-18)33(30,31)25(27)19(2)17-32-23-13-9-21(10-14-23)6-5-20-7-11-22(12-8-20)26(28)29/h3-16,19,25,27H,17H2,1-2H3. The first kappa shape index (κ1) is 24.2. The number of hydrogen-bond donors (Lipinski definition) is 1. The first-order valence-electron chi connectivity index (χ1n) is 10.3. The van der Waals surface area contributed by atoms with Gasteiger partial charge < -0.3 is 9.84 Å². The molecule has 0 aromatic heterocycles. The fourth-order valence-electron chi connectivity index (χ4n) is 3.06. The van der Waals surface area contributed by atoms with Crippen molar-refractivity contribution in [2.45, 2.75) is 24.2 Å². The van der Waals surface area contributed by atoms with Gasteiger partial charge in [0.25, 0.3) is 5.69 Å². The Morgan fingerprint density at radius 3 is 1.97 bits per heavy atom. The van der Waals surface area contributed by atoms with Crippen molar-refractivity contribution in [3.63, 3.8) is 0 Å². The average Bonchev–Trinajstić information content (AvgIpc) is 2.82. The highest BCUT2D eigenvalue weighted by molar-refractivity contribution is 7.91. The zero-order chi connectivity index (χ0) is 24.0. The van der Waals surface area contributed by atoms with Crippen molar-refractivity contribution in [1.82, 2.24) is 0 Å². The van der Waals surface area contributed by atoms with Gasteiger partial charge in [0.2, 0.25) is 9.84 Å². The molecule has 0 saturated heterocycles. The summed E-state index contributed by atoms with van der Waals surface area (Å²) in [5.74, 6) is -0.0905. The van der Waals surface area contributed by atoms with E-state index in [1.807, 2.05) is 31.2 Å². The predicted molar refractivity (Wildman–Crippen MR) is 127 cm³/mol. The number of hydrogen-bond acceptors (Lipinski definition) is 6. The third-order valence-electron chi connectivity index (χ3n) is 5.12. The van der Waals surface area contributed by atoms with Crippen LogP contribution in [0.3, 0.4) is 0 Å². The van der Waals surface area contributed by atoms with Crippen molar-refractivity contribution in [2.24, 2.45) is 5.92 Å². The molecule has 0 spiro atoms. The average molecular weight is 468 g/mol. The normalized spacial score (nSPS) is 13.5. The van der Waals surface area contributed by atoms with Crippen molar-refractivity contribution in [1.29, 1.82) is 0 Å². The maximum absolute atomic E-state index is 12.6. The molecule has 0 radical (unpaired) electrons. The minimum atomic E-state index is -3.88. The molecule has 0 amide bonds. The van der Waals surface area contributed by atoms with E-state index in [1.165, 1.54) is 24.3 Å². The molecule has 0 fully saturated rings. The van der Waals surface area contributed by atoms with E-state index in [9.17, 15) is 23.6 Å². The molecular weight excluding hydrogens is 442 g/mol. The number of sulfone groups is 1. The molecule has 0 bridgehead atoms. The van der Waals surface area contributed by atoms with Crippen LogP contribution in [0, 0.1) is 23.0 Å². The Morgan fingerprint density at radius 1 is 0.939 bits per heavy atom. The molecule has 1 N–H and O–H groups in total. The van der Waals surface area contributed by atoms with Crippen LogP contribution in [-0.4, -0.2) is 30.5 Å².